The van der Waals surface area contributed by atoms with Crippen LogP contribution in [-0.4, -0.2) is 16.3 Å². The first-order chi connectivity index (χ1) is 13.3. The van der Waals surface area contributed by atoms with E-state index < -0.39 is 5.60 Å². The minimum absolute atomic E-state index is 0.0212. The number of hydrogen-bond donors (Lipinski definition) is 2. The van der Waals surface area contributed by atoms with E-state index in [4.69, 9.17) is 4.74 Å². The number of aliphatic hydroxyl groups is 1. The fourth-order valence-corrected chi connectivity index (χ4v) is 4.36. The third kappa shape index (κ3) is 5.76. The predicted octanol–water partition coefficient (Wildman–Crippen LogP) is 6.96. The molecule has 1 aliphatic carbocycles. The molecule has 0 saturated carbocycles. The maximum Gasteiger partial charge on any atom is 0.127 e. The normalized spacial score (nSPS) is 19.4. The van der Waals surface area contributed by atoms with Crippen molar-refractivity contribution in [2.45, 2.75) is 110 Å². The monoisotopic (exact) mass is 388 g/mol. The smallest absolute Gasteiger partial charge is 0.127 e. The Bertz CT molecular complexity index is 662. The third-order valence-corrected chi connectivity index (χ3v) is 6.03. The van der Waals surface area contributed by atoms with Crippen LogP contribution in [0.15, 0.2) is 23.8 Å². The van der Waals surface area contributed by atoms with Crippen molar-refractivity contribution in [1.29, 1.82) is 0 Å². The summed E-state index contributed by atoms with van der Waals surface area (Å²) in [5, 5.41) is 22.3. The van der Waals surface area contributed by atoms with Crippen LogP contribution in [0.25, 0.3) is 0 Å². The Morgan fingerprint density at radius 1 is 1.18 bits per heavy atom. The summed E-state index contributed by atoms with van der Waals surface area (Å²) in [5.74, 6) is 1.28. The number of hydrogen-bond acceptors (Lipinski definition) is 3. The highest BCUT2D eigenvalue weighted by Crippen LogP contribution is 2.45. The largest absolute Gasteiger partial charge is 0.508 e. The summed E-state index contributed by atoms with van der Waals surface area (Å²) in [5.41, 5.74) is 2.15. The molecule has 1 aliphatic rings. The van der Waals surface area contributed by atoms with Gasteiger partial charge in [0.1, 0.15) is 11.5 Å². The topological polar surface area (TPSA) is 49.7 Å². The molecule has 1 aromatic carbocycles. The number of ether oxygens (including phenoxy) is 1. The van der Waals surface area contributed by atoms with Crippen LogP contribution in [0.3, 0.4) is 0 Å². The second-order valence-electron chi connectivity index (χ2n) is 8.80. The Morgan fingerprint density at radius 2 is 1.93 bits per heavy atom. The van der Waals surface area contributed by atoms with Crippen LogP contribution in [0, 0.1) is 0 Å². The van der Waals surface area contributed by atoms with Crippen molar-refractivity contribution >= 4 is 0 Å². The summed E-state index contributed by atoms with van der Waals surface area (Å²) < 4.78 is 6.15. The molecule has 2 N–H and O–H groups in total. The fourth-order valence-electron chi connectivity index (χ4n) is 4.36. The maximum atomic E-state index is 11.3. The van der Waals surface area contributed by atoms with E-state index in [1.807, 2.05) is 26.8 Å². The minimum Gasteiger partial charge on any atom is -0.508 e. The van der Waals surface area contributed by atoms with E-state index in [1.165, 1.54) is 18.4 Å². The van der Waals surface area contributed by atoms with Crippen molar-refractivity contribution in [1.82, 2.24) is 0 Å². The number of rotatable bonds is 10. The van der Waals surface area contributed by atoms with Crippen LogP contribution in [0.2, 0.25) is 0 Å². The SMILES string of the molecule is CCCCCCC(O)(CC)c1cc(O)c(C2CCC=C(C)C2)c(OC(C)C)c1. The summed E-state index contributed by atoms with van der Waals surface area (Å²) in [6, 6.07) is 3.78. The van der Waals surface area contributed by atoms with Gasteiger partial charge in [-0.05, 0) is 76.5 Å². The summed E-state index contributed by atoms with van der Waals surface area (Å²) in [6.07, 6.45) is 11.2. The van der Waals surface area contributed by atoms with Gasteiger partial charge in [0, 0.05) is 5.56 Å². The second kappa shape index (κ2) is 10.3. The summed E-state index contributed by atoms with van der Waals surface area (Å²) in [7, 11) is 0. The van der Waals surface area contributed by atoms with Crippen LogP contribution >= 0.6 is 0 Å². The minimum atomic E-state index is -0.915. The molecule has 0 bridgehead atoms. The highest BCUT2D eigenvalue weighted by Gasteiger charge is 2.31. The second-order valence-corrected chi connectivity index (χ2v) is 8.80. The molecular weight excluding hydrogens is 348 g/mol. The number of unbranched alkanes of at least 4 members (excludes halogenated alkanes) is 3. The lowest BCUT2D eigenvalue weighted by atomic mass is 9.80. The zero-order chi connectivity index (χ0) is 20.7. The van der Waals surface area contributed by atoms with Crippen LogP contribution in [0.1, 0.15) is 109 Å². The number of benzene rings is 1. The van der Waals surface area contributed by atoms with Crippen LogP contribution in [-0.2, 0) is 5.60 Å². The van der Waals surface area contributed by atoms with E-state index in [9.17, 15) is 10.2 Å². The fraction of sp³-hybridized carbons (Fsp3) is 0.680. The van der Waals surface area contributed by atoms with E-state index in [0.29, 0.717) is 12.8 Å². The molecule has 0 aromatic heterocycles. The Balaban J connectivity index is 2.38. The molecule has 0 aliphatic heterocycles. The number of phenols is 1. The van der Waals surface area contributed by atoms with Gasteiger partial charge in [0.15, 0.2) is 0 Å². The summed E-state index contributed by atoms with van der Waals surface area (Å²) in [4.78, 5) is 0. The van der Waals surface area contributed by atoms with Crippen molar-refractivity contribution < 1.29 is 14.9 Å². The van der Waals surface area contributed by atoms with Crippen molar-refractivity contribution in [2.24, 2.45) is 0 Å². The standard InChI is InChI=1S/C25H40O3/c1-6-8-9-10-14-25(27,7-2)21-16-22(26)24(23(17-21)28-18(3)4)20-13-11-12-19(5)15-20/h12,16-18,20,26-27H,6-11,13-15H2,1-5H3. The summed E-state index contributed by atoms with van der Waals surface area (Å²) in [6.45, 7) is 10.4. The Hall–Kier alpha value is -1.48. The number of phenolic OH excluding ortho intramolecular Hbond substituents is 1. The van der Waals surface area contributed by atoms with Gasteiger partial charge in [0.2, 0.25) is 0 Å². The van der Waals surface area contributed by atoms with Crippen molar-refractivity contribution in [3.8, 4) is 11.5 Å². The molecule has 2 unspecified atom stereocenters. The van der Waals surface area contributed by atoms with E-state index in [-0.39, 0.29) is 17.8 Å². The predicted molar refractivity (Wildman–Crippen MR) is 117 cm³/mol. The molecule has 2 atom stereocenters. The van der Waals surface area contributed by atoms with Crippen molar-refractivity contribution in [3.05, 3.63) is 34.9 Å². The van der Waals surface area contributed by atoms with Crippen LogP contribution in [0.5, 0.6) is 11.5 Å². The first-order valence-corrected chi connectivity index (χ1v) is 11.2. The Labute approximate surface area is 171 Å². The molecule has 0 spiro atoms. The van der Waals surface area contributed by atoms with E-state index in [1.54, 1.807) is 6.07 Å². The first kappa shape index (κ1) is 22.8. The molecule has 0 saturated heterocycles. The number of allylic oxidation sites excluding steroid dienone is 2. The molecule has 0 heterocycles. The van der Waals surface area contributed by atoms with Gasteiger partial charge in [-0.15, -0.1) is 0 Å². The molecule has 158 valence electrons. The van der Waals surface area contributed by atoms with Gasteiger partial charge in [0.05, 0.1) is 11.7 Å². The highest BCUT2D eigenvalue weighted by molar-refractivity contribution is 5.51. The quantitative estimate of drug-likeness (QED) is 0.336. The lowest BCUT2D eigenvalue weighted by Gasteiger charge is -2.31. The molecular formula is C25H40O3. The van der Waals surface area contributed by atoms with Gasteiger partial charge in [0.25, 0.3) is 0 Å². The molecule has 3 nitrogen and oxygen atoms in total. The molecule has 2 rings (SSSR count). The van der Waals surface area contributed by atoms with E-state index in [0.717, 1.165) is 49.0 Å². The summed E-state index contributed by atoms with van der Waals surface area (Å²) >= 11 is 0. The maximum absolute atomic E-state index is 11.3. The third-order valence-electron chi connectivity index (χ3n) is 6.03. The highest BCUT2D eigenvalue weighted by atomic mass is 16.5. The van der Waals surface area contributed by atoms with Crippen molar-refractivity contribution in [3.63, 3.8) is 0 Å². The van der Waals surface area contributed by atoms with Gasteiger partial charge >= 0.3 is 0 Å². The molecule has 0 fully saturated rings. The van der Waals surface area contributed by atoms with Gasteiger partial charge in [-0.3, -0.25) is 0 Å². The Morgan fingerprint density at radius 3 is 2.54 bits per heavy atom. The molecule has 0 radical (unpaired) electrons. The van der Waals surface area contributed by atoms with E-state index in [2.05, 4.69) is 19.9 Å². The van der Waals surface area contributed by atoms with Crippen molar-refractivity contribution in [2.75, 3.05) is 0 Å². The van der Waals surface area contributed by atoms with Gasteiger partial charge < -0.3 is 14.9 Å². The zero-order valence-corrected chi connectivity index (χ0v) is 18.6. The molecule has 1 aromatic rings. The Kier molecular flexibility index (Phi) is 8.42. The number of aromatic hydroxyl groups is 1. The van der Waals surface area contributed by atoms with E-state index >= 15 is 0 Å². The average Bonchev–Trinajstić information content (AvgIpc) is 2.64. The molecule has 3 heteroatoms. The molecule has 0 amide bonds. The first-order valence-electron chi connectivity index (χ1n) is 11.2. The van der Waals surface area contributed by atoms with Crippen LogP contribution in [0.4, 0.5) is 0 Å². The van der Waals surface area contributed by atoms with Gasteiger partial charge in [-0.1, -0.05) is 51.2 Å². The van der Waals surface area contributed by atoms with Crippen LogP contribution < -0.4 is 4.74 Å². The zero-order valence-electron chi connectivity index (χ0n) is 18.6. The lowest BCUT2D eigenvalue weighted by molar-refractivity contribution is 0.0201. The average molecular weight is 389 g/mol. The van der Waals surface area contributed by atoms with Gasteiger partial charge in [-0.25, -0.2) is 0 Å². The molecule has 28 heavy (non-hydrogen) atoms. The lowest BCUT2D eigenvalue weighted by Crippen LogP contribution is -2.25. The van der Waals surface area contributed by atoms with Gasteiger partial charge in [-0.2, -0.15) is 0 Å².